The molecule has 0 radical (unpaired) electrons. The molecule has 0 aliphatic heterocycles. The van der Waals surface area contributed by atoms with E-state index in [4.69, 9.17) is 21.8 Å². The van der Waals surface area contributed by atoms with Crippen molar-refractivity contribution < 1.29 is 9.21 Å². The van der Waals surface area contributed by atoms with Crippen molar-refractivity contribution in [2.24, 2.45) is 0 Å². The van der Waals surface area contributed by atoms with Gasteiger partial charge in [0, 0.05) is 5.69 Å². The molecule has 0 spiro atoms. The van der Waals surface area contributed by atoms with E-state index in [2.05, 4.69) is 5.32 Å². The molecule has 1 aromatic heterocycles. The van der Waals surface area contributed by atoms with Gasteiger partial charge in [-0.25, -0.2) is 0 Å². The molecule has 1 aromatic carbocycles. The molecule has 0 fully saturated rings. The molecule has 0 saturated carbocycles. The second kappa shape index (κ2) is 7.15. The zero-order valence-electron chi connectivity index (χ0n) is 11.8. The first-order chi connectivity index (χ1) is 10.1. The smallest absolute Gasteiger partial charge is 0.238 e. The number of halogens is 1. The van der Waals surface area contributed by atoms with Crippen LogP contribution in [-0.2, 0) is 11.3 Å². The molecule has 0 aliphatic carbocycles. The summed E-state index contributed by atoms with van der Waals surface area (Å²) in [5, 5.41) is 3.21. The van der Waals surface area contributed by atoms with Crippen LogP contribution in [0.4, 0.5) is 11.4 Å². The fourth-order valence-corrected chi connectivity index (χ4v) is 2.16. The van der Waals surface area contributed by atoms with Gasteiger partial charge in [0.25, 0.3) is 0 Å². The molecular weight excluding hydrogens is 290 g/mol. The number of nitrogens with one attached hydrogen (secondary N) is 1. The molecule has 3 N–H and O–H groups in total. The summed E-state index contributed by atoms with van der Waals surface area (Å²) in [6, 6.07) is 8.71. The average Bonchev–Trinajstić information content (AvgIpc) is 2.94. The van der Waals surface area contributed by atoms with Gasteiger partial charge in [0.15, 0.2) is 0 Å². The van der Waals surface area contributed by atoms with Crippen molar-refractivity contribution in [2.45, 2.75) is 13.5 Å². The van der Waals surface area contributed by atoms with Crippen molar-refractivity contribution in [1.29, 1.82) is 0 Å². The maximum atomic E-state index is 12.1. The number of amides is 1. The molecule has 2 aromatic rings. The third kappa shape index (κ3) is 4.51. The average molecular weight is 308 g/mol. The third-order valence-corrected chi connectivity index (χ3v) is 3.35. The number of carbonyl (C=O) groups is 1. The Balaban J connectivity index is 1.93. The van der Waals surface area contributed by atoms with E-state index in [1.807, 2.05) is 24.0 Å². The first kappa shape index (κ1) is 15.4. The second-order valence-corrected chi connectivity index (χ2v) is 5.08. The van der Waals surface area contributed by atoms with E-state index in [0.717, 1.165) is 12.3 Å². The van der Waals surface area contributed by atoms with Crippen molar-refractivity contribution in [2.75, 3.05) is 24.1 Å². The van der Waals surface area contributed by atoms with Gasteiger partial charge < -0.3 is 15.5 Å². The highest BCUT2D eigenvalue weighted by molar-refractivity contribution is 6.34. The van der Waals surface area contributed by atoms with Gasteiger partial charge in [0.2, 0.25) is 5.91 Å². The Morgan fingerprint density at radius 2 is 2.24 bits per heavy atom. The third-order valence-electron chi connectivity index (χ3n) is 3.04. The Bertz CT molecular complexity index is 599. The molecule has 21 heavy (non-hydrogen) atoms. The van der Waals surface area contributed by atoms with E-state index in [-0.39, 0.29) is 12.5 Å². The van der Waals surface area contributed by atoms with Crippen molar-refractivity contribution in [3.05, 3.63) is 47.4 Å². The van der Waals surface area contributed by atoms with Crippen molar-refractivity contribution in [1.82, 2.24) is 4.90 Å². The van der Waals surface area contributed by atoms with E-state index in [1.165, 1.54) is 0 Å². The van der Waals surface area contributed by atoms with E-state index in [9.17, 15) is 4.79 Å². The minimum Gasteiger partial charge on any atom is -0.468 e. The maximum Gasteiger partial charge on any atom is 0.238 e. The van der Waals surface area contributed by atoms with Gasteiger partial charge in [-0.1, -0.05) is 18.5 Å². The number of furan rings is 1. The standard InChI is InChI=1S/C15H18ClN3O2/c1-2-19(9-12-4-3-7-21-12)10-15(20)18-14-6-5-11(17)8-13(14)16/h3-8H,2,9-10,17H2,1H3,(H,18,20). The molecule has 0 aliphatic rings. The fourth-order valence-electron chi connectivity index (χ4n) is 1.93. The zero-order chi connectivity index (χ0) is 15.2. The lowest BCUT2D eigenvalue weighted by Gasteiger charge is -2.18. The van der Waals surface area contributed by atoms with Gasteiger partial charge in [-0.15, -0.1) is 0 Å². The molecule has 2 rings (SSSR count). The van der Waals surface area contributed by atoms with Crippen LogP contribution < -0.4 is 11.1 Å². The number of hydrogen-bond donors (Lipinski definition) is 2. The SMILES string of the molecule is CCN(CC(=O)Nc1ccc(N)cc1Cl)Cc1ccco1. The Morgan fingerprint density at radius 1 is 1.43 bits per heavy atom. The van der Waals surface area contributed by atoms with Gasteiger partial charge in [0.05, 0.1) is 30.1 Å². The van der Waals surface area contributed by atoms with E-state index in [1.54, 1.807) is 24.5 Å². The number of likely N-dealkylation sites (N-methyl/N-ethyl adjacent to an activating group) is 1. The van der Waals surface area contributed by atoms with Crippen LogP contribution >= 0.6 is 11.6 Å². The quantitative estimate of drug-likeness (QED) is 0.805. The molecule has 1 heterocycles. The van der Waals surface area contributed by atoms with Gasteiger partial charge >= 0.3 is 0 Å². The summed E-state index contributed by atoms with van der Waals surface area (Å²) >= 11 is 6.04. The van der Waals surface area contributed by atoms with Crippen LogP contribution in [0, 0.1) is 0 Å². The van der Waals surface area contributed by atoms with Gasteiger partial charge in [0.1, 0.15) is 5.76 Å². The summed E-state index contributed by atoms with van der Waals surface area (Å²) in [5.74, 6) is 0.699. The Labute approximate surface area is 128 Å². The van der Waals surface area contributed by atoms with Crippen LogP contribution in [0.2, 0.25) is 5.02 Å². The minimum absolute atomic E-state index is 0.130. The highest BCUT2D eigenvalue weighted by Gasteiger charge is 2.12. The van der Waals surface area contributed by atoms with Gasteiger partial charge in [-0.3, -0.25) is 9.69 Å². The largest absolute Gasteiger partial charge is 0.468 e. The predicted octanol–water partition coefficient (Wildman–Crippen LogP) is 2.98. The number of nitrogens with two attached hydrogens (primary N) is 1. The summed E-state index contributed by atoms with van der Waals surface area (Å²) in [6.45, 7) is 3.58. The Morgan fingerprint density at radius 3 is 2.86 bits per heavy atom. The zero-order valence-corrected chi connectivity index (χ0v) is 12.6. The lowest BCUT2D eigenvalue weighted by Crippen LogP contribution is -2.32. The number of carbonyl (C=O) groups excluding carboxylic acids is 1. The molecule has 6 heteroatoms. The fraction of sp³-hybridized carbons (Fsp3) is 0.267. The number of benzene rings is 1. The molecular formula is C15H18ClN3O2. The lowest BCUT2D eigenvalue weighted by atomic mass is 10.3. The molecule has 112 valence electrons. The lowest BCUT2D eigenvalue weighted by molar-refractivity contribution is -0.117. The van der Waals surface area contributed by atoms with Crippen LogP contribution in [0.15, 0.2) is 41.0 Å². The van der Waals surface area contributed by atoms with Crippen molar-refractivity contribution >= 4 is 28.9 Å². The summed E-state index contributed by atoms with van der Waals surface area (Å²) < 4.78 is 5.29. The number of nitrogens with zero attached hydrogens (tertiary/aromatic N) is 1. The topological polar surface area (TPSA) is 71.5 Å². The van der Waals surface area contributed by atoms with E-state index in [0.29, 0.717) is 22.9 Å². The Hall–Kier alpha value is -1.98. The van der Waals surface area contributed by atoms with Crippen LogP contribution in [0.1, 0.15) is 12.7 Å². The normalized spacial score (nSPS) is 10.8. The monoisotopic (exact) mass is 307 g/mol. The second-order valence-electron chi connectivity index (χ2n) is 4.67. The highest BCUT2D eigenvalue weighted by Crippen LogP contribution is 2.23. The number of nitrogen functional groups attached to an aromatic ring is 1. The maximum absolute atomic E-state index is 12.1. The van der Waals surface area contributed by atoms with Crippen molar-refractivity contribution in [3.8, 4) is 0 Å². The molecule has 0 saturated heterocycles. The van der Waals surface area contributed by atoms with E-state index < -0.39 is 0 Å². The highest BCUT2D eigenvalue weighted by atomic mass is 35.5. The molecule has 0 unspecified atom stereocenters. The molecule has 0 atom stereocenters. The number of rotatable bonds is 6. The van der Waals surface area contributed by atoms with Gasteiger partial charge in [-0.2, -0.15) is 0 Å². The van der Waals surface area contributed by atoms with E-state index >= 15 is 0 Å². The first-order valence-electron chi connectivity index (χ1n) is 6.68. The summed E-state index contributed by atoms with van der Waals surface area (Å²) in [4.78, 5) is 14.0. The number of anilines is 2. The number of hydrogen-bond acceptors (Lipinski definition) is 4. The summed E-state index contributed by atoms with van der Waals surface area (Å²) in [7, 11) is 0. The summed E-state index contributed by atoms with van der Waals surface area (Å²) in [5.41, 5.74) is 6.74. The molecule has 5 nitrogen and oxygen atoms in total. The van der Waals surface area contributed by atoms with Crippen LogP contribution in [0.5, 0.6) is 0 Å². The minimum atomic E-state index is -0.130. The molecule has 1 amide bonds. The van der Waals surface area contributed by atoms with Crippen molar-refractivity contribution in [3.63, 3.8) is 0 Å². The first-order valence-corrected chi connectivity index (χ1v) is 7.06. The van der Waals surface area contributed by atoms with Crippen LogP contribution in [0.3, 0.4) is 0 Å². The van der Waals surface area contributed by atoms with Gasteiger partial charge in [-0.05, 0) is 36.9 Å². The van der Waals surface area contributed by atoms with Crippen LogP contribution in [-0.4, -0.2) is 23.9 Å². The van der Waals surface area contributed by atoms with Crippen LogP contribution in [0.25, 0.3) is 0 Å². The predicted molar refractivity (Wildman–Crippen MR) is 84.2 cm³/mol. The Kier molecular flexibility index (Phi) is 5.25. The summed E-state index contributed by atoms with van der Waals surface area (Å²) in [6.07, 6.45) is 1.62. The molecule has 0 bridgehead atoms.